The van der Waals surface area contributed by atoms with Crippen LogP contribution in [0.4, 0.5) is 11.4 Å². The van der Waals surface area contributed by atoms with Crippen LogP contribution in [0.3, 0.4) is 0 Å². The number of carbonyl (C=O) groups excluding carboxylic acids is 2. The van der Waals surface area contributed by atoms with Crippen molar-refractivity contribution in [2.45, 2.75) is 47.0 Å². The molecule has 5 heteroatoms. The number of piperazine rings is 1. The monoisotopic (exact) mass is 421 g/mol. The molecular weight excluding hydrogens is 386 g/mol. The molecule has 2 aromatic rings. The van der Waals surface area contributed by atoms with E-state index in [0.29, 0.717) is 5.56 Å². The van der Waals surface area contributed by atoms with Crippen molar-refractivity contribution in [3.8, 4) is 0 Å². The normalized spacial score (nSPS) is 15.0. The Morgan fingerprint density at radius 2 is 1.32 bits per heavy atom. The Morgan fingerprint density at radius 1 is 0.774 bits per heavy atom. The highest BCUT2D eigenvalue weighted by atomic mass is 16.2. The van der Waals surface area contributed by atoms with E-state index in [1.807, 2.05) is 74.2 Å². The van der Waals surface area contributed by atoms with Gasteiger partial charge in [0.2, 0.25) is 5.91 Å². The summed E-state index contributed by atoms with van der Waals surface area (Å²) in [6, 6.07) is 15.7. The average molecular weight is 422 g/mol. The lowest BCUT2D eigenvalue weighted by atomic mass is 9.87. The number of rotatable bonds is 3. The van der Waals surface area contributed by atoms with Crippen molar-refractivity contribution in [1.82, 2.24) is 4.90 Å². The predicted octanol–water partition coefficient (Wildman–Crippen LogP) is 4.93. The molecule has 2 amide bonds. The van der Waals surface area contributed by atoms with Gasteiger partial charge in [-0.1, -0.05) is 53.7 Å². The zero-order chi connectivity index (χ0) is 22.8. The van der Waals surface area contributed by atoms with Crippen LogP contribution in [0.5, 0.6) is 0 Å². The van der Waals surface area contributed by atoms with E-state index in [1.54, 1.807) is 0 Å². The first-order chi connectivity index (χ1) is 14.4. The fraction of sp³-hybridized carbons (Fsp3) is 0.462. The number of nitrogens with one attached hydrogen (secondary N) is 1. The highest BCUT2D eigenvalue weighted by Crippen LogP contribution is 2.24. The molecule has 0 bridgehead atoms. The number of amides is 2. The summed E-state index contributed by atoms with van der Waals surface area (Å²) in [5, 5.41) is 2.97. The number of nitrogens with zero attached hydrogens (tertiary/aromatic N) is 2. The minimum atomic E-state index is -0.338. The molecule has 166 valence electrons. The van der Waals surface area contributed by atoms with Crippen LogP contribution in [0.1, 0.15) is 57.5 Å². The Labute approximate surface area is 186 Å². The molecule has 1 aliphatic heterocycles. The van der Waals surface area contributed by atoms with Crippen molar-refractivity contribution < 1.29 is 9.59 Å². The third-order valence-corrected chi connectivity index (χ3v) is 5.71. The fourth-order valence-corrected chi connectivity index (χ4v) is 3.72. The summed E-state index contributed by atoms with van der Waals surface area (Å²) < 4.78 is 0. The summed E-state index contributed by atoms with van der Waals surface area (Å²) >= 11 is 0. The summed E-state index contributed by atoms with van der Waals surface area (Å²) in [6.07, 6.45) is 0. The zero-order valence-corrected chi connectivity index (χ0v) is 19.7. The number of benzene rings is 2. The van der Waals surface area contributed by atoms with E-state index in [4.69, 9.17) is 0 Å². The maximum Gasteiger partial charge on any atom is 0.255 e. The third kappa shape index (κ3) is 5.66. The molecule has 0 aromatic heterocycles. The van der Waals surface area contributed by atoms with E-state index < -0.39 is 0 Å². The minimum absolute atomic E-state index is 0.0658. The average Bonchev–Trinajstić information content (AvgIpc) is 2.73. The molecule has 3 rings (SSSR count). The van der Waals surface area contributed by atoms with Gasteiger partial charge in [0.25, 0.3) is 5.91 Å². The molecular formula is C26H35N3O2. The maximum absolute atomic E-state index is 12.6. The molecule has 0 aliphatic carbocycles. The smallest absolute Gasteiger partial charge is 0.255 e. The second kappa shape index (κ2) is 8.74. The van der Waals surface area contributed by atoms with Gasteiger partial charge in [-0.05, 0) is 47.4 Å². The van der Waals surface area contributed by atoms with Crippen LogP contribution in [0, 0.1) is 5.41 Å². The molecule has 0 unspecified atom stereocenters. The molecule has 31 heavy (non-hydrogen) atoms. The molecule has 0 atom stereocenters. The molecule has 1 saturated heterocycles. The number of hydrogen-bond acceptors (Lipinski definition) is 3. The highest BCUT2D eigenvalue weighted by Gasteiger charge is 2.29. The van der Waals surface area contributed by atoms with Crippen LogP contribution in [-0.2, 0) is 10.2 Å². The van der Waals surface area contributed by atoms with E-state index in [1.165, 1.54) is 5.56 Å². The van der Waals surface area contributed by atoms with Crippen molar-refractivity contribution in [3.63, 3.8) is 0 Å². The van der Waals surface area contributed by atoms with Crippen molar-refractivity contribution in [2.75, 3.05) is 36.4 Å². The van der Waals surface area contributed by atoms with Crippen LogP contribution in [0.2, 0.25) is 0 Å². The topological polar surface area (TPSA) is 52.7 Å². The summed E-state index contributed by atoms with van der Waals surface area (Å²) in [5.74, 6) is 0.100. The molecule has 1 fully saturated rings. The highest BCUT2D eigenvalue weighted by molar-refractivity contribution is 6.04. The number of hydrogen-bond donors (Lipinski definition) is 1. The molecule has 0 radical (unpaired) electrons. The van der Waals surface area contributed by atoms with E-state index >= 15 is 0 Å². The summed E-state index contributed by atoms with van der Waals surface area (Å²) in [5.41, 5.74) is 3.46. The molecule has 1 aliphatic rings. The van der Waals surface area contributed by atoms with Gasteiger partial charge < -0.3 is 15.1 Å². The minimum Gasteiger partial charge on any atom is -0.368 e. The summed E-state index contributed by atoms with van der Waals surface area (Å²) in [7, 11) is 0. The first-order valence-corrected chi connectivity index (χ1v) is 11.0. The maximum atomic E-state index is 12.6. The lowest BCUT2D eigenvalue weighted by molar-refractivity contribution is -0.139. The number of anilines is 2. The molecule has 1 N–H and O–H groups in total. The van der Waals surface area contributed by atoms with Crippen LogP contribution in [-0.4, -0.2) is 42.9 Å². The van der Waals surface area contributed by atoms with Crippen LogP contribution < -0.4 is 10.2 Å². The van der Waals surface area contributed by atoms with Crippen LogP contribution >= 0.6 is 0 Å². The van der Waals surface area contributed by atoms with Crippen LogP contribution in [0.25, 0.3) is 0 Å². The summed E-state index contributed by atoms with van der Waals surface area (Å²) in [6.45, 7) is 15.5. The van der Waals surface area contributed by atoms with E-state index in [9.17, 15) is 9.59 Å². The quantitative estimate of drug-likeness (QED) is 0.764. The molecule has 0 saturated carbocycles. The Kier molecular flexibility index (Phi) is 6.44. The second-order valence-electron chi connectivity index (χ2n) is 10.4. The van der Waals surface area contributed by atoms with Gasteiger partial charge in [-0.2, -0.15) is 0 Å². The first kappa shape index (κ1) is 22.9. The summed E-state index contributed by atoms with van der Waals surface area (Å²) in [4.78, 5) is 29.3. The van der Waals surface area contributed by atoms with Gasteiger partial charge in [-0.15, -0.1) is 0 Å². The van der Waals surface area contributed by atoms with Gasteiger partial charge >= 0.3 is 0 Å². The van der Waals surface area contributed by atoms with Gasteiger partial charge in [0.1, 0.15) is 0 Å². The van der Waals surface area contributed by atoms with Gasteiger partial charge in [-0.3, -0.25) is 9.59 Å². The van der Waals surface area contributed by atoms with Gasteiger partial charge in [0.15, 0.2) is 0 Å². The molecule has 5 nitrogen and oxygen atoms in total. The van der Waals surface area contributed by atoms with E-state index in [2.05, 4.69) is 31.0 Å². The Balaban J connectivity index is 1.57. The number of carbonyl (C=O) groups is 2. The zero-order valence-electron chi connectivity index (χ0n) is 19.7. The molecule has 2 aromatic carbocycles. The largest absolute Gasteiger partial charge is 0.368 e. The first-order valence-electron chi connectivity index (χ1n) is 11.0. The van der Waals surface area contributed by atoms with Crippen LogP contribution in [0.15, 0.2) is 48.5 Å². The van der Waals surface area contributed by atoms with Gasteiger partial charge in [0, 0.05) is 48.5 Å². The van der Waals surface area contributed by atoms with Crippen molar-refractivity contribution >= 4 is 23.2 Å². The van der Waals surface area contributed by atoms with Crippen molar-refractivity contribution in [2.24, 2.45) is 5.41 Å². The molecule has 1 heterocycles. The van der Waals surface area contributed by atoms with Crippen molar-refractivity contribution in [1.29, 1.82) is 0 Å². The van der Waals surface area contributed by atoms with Gasteiger partial charge in [0.05, 0.1) is 0 Å². The van der Waals surface area contributed by atoms with E-state index in [0.717, 1.165) is 37.6 Å². The third-order valence-electron chi connectivity index (χ3n) is 5.71. The predicted molar refractivity (Wildman–Crippen MR) is 128 cm³/mol. The lowest BCUT2D eigenvalue weighted by Crippen LogP contribution is -2.51. The van der Waals surface area contributed by atoms with E-state index in [-0.39, 0.29) is 22.6 Å². The Morgan fingerprint density at radius 3 is 1.81 bits per heavy atom. The SMILES string of the molecule is CC(C)(C)C(=O)N1CCN(c2ccc(NC(=O)c3ccc(C(C)(C)C)cc3)cc2)CC1. The lowest BCUT2D eigenvalue weighted by Gasteiger charge is -2.38. The Bertz CT molecular complexity index is 911. The van der Waals surface area contributed by atoms with Crippen molar-refractivity contribution in [3.05, 3.63) is 59.7 Å². The standard InChI is InChI=1S/C26H35N3O2/c1-25(2,3)20-9-7-19(8-10-20)23(30)27-21-11-13-22(14-12-21)28-15-17-29(18-16-28)24(31)26(4,5)6/h7-14H,15-18H2,1-6H3,(H,27,30). The molecule has 0 spiro atoms. The fourth-order valence-electron chi connectivity index (χ4n) is 3.72. The van der Waals surface area contributed by atoms with Gasteiger partial charge in [-0.25, -0.2) is 0 Å². The second-order valence-corrected chi connectivity index (χ2v) is 10.4. The Hall–Kier alpha value is -2.82.